The van der Waals surface area contributed by atoms with Crippen LogP contribution >= 0.6 is 0 Å². The SMILES string of the molecule is Cc1cn(-c2ccccn2)c2nc(-c3ccc(N4CCNCC4)cn3)ncc12. The molecule has 7 nitrogen and oxygen atoms in total. The van der Waals surface area contributed by atoms with E-state index in [-0.39, 0.29) is 0 Å². The summed E-state index contributed by atoms with van der Waals surface area (Å²) in [6.45, 7) is 6.07. The second-order valence-electron chi connectivity index (χ2n) is 6.94. The molecule has 0 unspecified atom stereocenters. The molecule has 0 amide bonds. The first kappa shape index (κ1) is 16.8. The normalized spacial score (nSPS) is 14.5. The first-order valence-corrected chi connectivity index (χ1v) is 9.48. The molecule has 0 spiro atoms. The van der Waals surface area contributed by atoms with E-state index in [2.05, 4.69) is 38.2 Å². The first-order valence-electron chi connectivity index (χ1n) is 9.48. The Balaban J connectivity index is 1.52. The maximum atomic E-state index is 4.81. The number of anilines is 1. The summed E-state index contributed by atoms with van der Waals surface area (Å²) in [5, 5.41) is 4.39. The van der Waals surface area contributed by atoms with E-state index >= 15 is 0 Å². The summed E-state index contributed by atoms with van der Waals surface area (Å²) in [4.78, 5) is 20.8. The van der Waals surface area contributed by atoms with Crippen molar-refractivity contribution in [3.63, 3.8) is 0 Å². The molecule has 0 atom stereocenters. The minimum atomic E-state index is 0.620. The van der Waals surface area contributed by atoms with Crippen LogP contribution in [-0.4, -0.2) is 50.7 Å². The monoisotopic (exact) mass is 371 g/mol. The third kappa shape index (κ3) is 2.99. The zero-order chi connectivity index (χ0) is 18.9. The Bertz CT molecular complexity index is 1100. The Morgan fingerprint density at radius 3 is 2.61 bits per heavy atom. The highest BCUT2D eigenvalue weighted by atomic mass is 15.2. The molecule has 1 saturated heterocycles. The molecule has 4 aromatic heterocycles. The van der Waals surface area contributed by atoms with Gasteiger partial charge in [0.25, 0.3) is 0 Å². The highest BCUT2D eigenvalue weighted by Gasteiger charge is 2.14. The number of pyridine rings is 2. The fourth-order valence-electron chi connectivity index (χ4n) is 3.58. The van der Waals surface area contributed by atoms with E-state index in [1.54, 1.807) is 6.20 Å². The van der Waals surface area contributed by atoms with Crippen LogP contribution in [0.1, 0.15) is 5.56 Å². The Labute approximate surface area is 163 Å². The lowest BCUT2D eigenvalue weighted by Crippen LogP contribution is -2.43. The third-order valence-electron chi connectivity index (χ3n) is 5.10. The molecule has 4 aromatic rings. The van der Waals surface area contributed by atoms with Crippen LogP contribution in [0.5, 0.6) is 0 Å². The second kappa shape index (κ2) is 7.01. The number of hydrogen-bond acceptors (Lipinski definition) is 6. The van der Waals surface area contributed by atoms with E-state index in [0.29, 0.717) is 5.82 Å². The van der Waals surface area contributed by atoms with Gasteiger partial charge in [0.1, 0.15) is 17.2 Å². The Kier molecular flexibility index (Phi) is 4.21. The molecule has 28 heavy (non-hydrogen) atoms. The molecule has 1 aliphatic rings. The topological polar surface area (TPSA) is 71.8 Å². The fourth-order valence-corrected chi connectivity index (χ4v) is 3.58. The largest absolute Gasteiger partial charge is 0.368 e. The van der Waals surface area contributed by atoms with Crippen molar-refractivity contribution in [3.05, 3.63) is 60.7 Å². The number of nitrogens with zero attached hydrogens (tertiary/aromatic N) is 6. The van der Waals surface area contributed by atoms with Crippen molar-refractivity contribution < 1.29 is 0 Å². The molecule has 0 aliphatic carbocycles. The minimum absolute atomic E-state index is 0.620. The van der Waals surface area contributed by atoms with E-state index in [9.17, 15) is 0 Å². The number of fused-ring (bicyclic) bond motifs is 1. The highest BCUT2D eigenvalue weighted by Crippen LogP contribution is 2.24. The third-order valence-corrected chi connectivity index (χ3v) is 5.10. The van der Waals surface area contributed by atoms with Gasteiger partial charge in [0.05, 0.1) is 11.9 Å². The summed E-state index contributed by atoms with van der Waals surface area (Å²) in [7, 11) is 0. The van der Waals surface area contributed by atoms with E-state index in [4.69, 9.17) is 4.98 Å². The lowest BCUT2D eigenvalue weighted by Gasteiger charge is -2.29. The number of aromatic nitrogens is 5. The zero-order valence-corrected chi connectivity index (χ0v) is 15.7. The molecule has 140 valence electrons. The van der Waals surface area contributed by atoms with Crippen molar-refractivity contribution in [1.29, 1.82) is 0 Å². The fraction of sp³-hybridized carbons (Fsp3) is 0.238. The first-order chi connectivity index (χ1) is 13.8. The number of hydrogen-bond donors (Lipinski definition) is 1. The average Bonchev–Trinajstić information content (AvgIpc) is 3.11. The summed E-state index contributed by atoms with van der Waals surface area (Å²) < 4.78 is 2.00. The average molecular weight is 371 g/mol. The Morgan fingerprint density at radius 2 is 1.86 bits per heavy atom. The van der Waals surface area contributed by atoms with Crippen LogP contribution in [0.4, 0.5) is 5.69 Å². The van der Waals surface area contributed by atoms with Gasteiger partial charge in [-0.05, 0) is 36.8 Å². The highest BCUT2D eigenvalue weighted by molar-refractivity contribution is 5.82. The van der Waals surface area contributed by atoms with Gasteiger partial charge in [0, 0.05) is 50.2 Å². The van der Waals surface area contributed by atoms with Crippen molar-refractivity contribution in [2.45, 2.75) is 6.92 Å². The molecule has 1 fully saturated rings. The van der Waals surface area contributed by atoms with Crippen molar-refractivity contribution >= 4 is 16.7 Å². The second-order valence-corrected chi connectivity index (χ2v) is 6.94. The van der Waals surface area contributed by atoms with Crippen molar-refractivity contribution in [2.24, 2.45) is 0 Å². The van der Waals surface area contributed by atoms with E-state index in [1.807, 2.05) is 47.4 Å². The van der Waals surface area contributed by atoms with Gasteiger partial charge >= 0.3 is 0 Å². The van der Waals surface area contributed by atoms with Crippen molar-refractivity contribution in [1.82, 2.24) is 29.8 Å². The molecular formula is C21H21N7. The van der Waals surface area contributed by atoms with Gasteiger partial charge in [-0.25, -0.2) is 15.0 Å². The van der Waals surface area contributed by atoms with Gasteiger partial charge in [-0.15, -0.1) is 0 Å². The molecule has 0 aromatic carbocycles. The lowest BCUT2D eigenvalue weighted by molar-refractivity contribution is 0.589. The smallest absolute Gasteiger partial charge is 0.180 e. The van der Waals surface area contributed by atoms with Gasteiger partial charge in [-0.1, -0.05) is 6.07 Å². The summed E-state index contributed by atoms with van der Waals surface area (Å²) in [5.41, 5.74) is 3.87. The van der Waals surface area contributed by atoms with Crippen LogP contribution in [0.25, 0.3) is 28.4 Å². The summed E-state index contributed by atoms with van der Waals surface area (Å²) in [6, 6.07) is 9.96. The minimum Gasteiger partial charge on any atom is -0.368 e. The molecule has 5 heterocycles. The van der Waals surface area contributed by atoms with E-state index in [1.165, 1.54) is 0 Å². The predicted octanol–water partition coefficient (Wildman–Crippen LogP) is 2.60. The number of rotatable bonds is 3. The van der Waals surface area contributed by atoms with Crippen LogP contribution in [0.3, 0.4) is 0 Å². The van der Waals surface area contributed by atoms with E-state index < -0.39 is 0 Å². The van der Waals surface area contributed by atoms with Gasteiger partial charge in [0.2, 0.25) is 0 Å². The van der Waals surface area contributed by atoms with E-state index in [0.717, 1.165) is 60.0 Å². The number of nitrogens with one attached hydrogen (secondary N) is 1. The lowest BCUT2D eigenvalue weighted by atomic mass is 10.2. The van der Waals surface area contributed by atoms with Crippen molar-refractivity contribution in [2.75, 3.05) is 31.1 Å². The van der Waals surface area contributed by atoms with Crippen molar-refractivity contribution in [3.8, 4) is 17.3 Å². The van der Waals surface area contributed by atoms with Gasteiger partial charge in [0.15, 0.2) is 5.82 Å². The Hall–Kier alpha value is -3.32. The summed E-state index contributed by atoms with van der Waals surface area (Å²) in [6.07, 6.45) is 7.62. The molecule has 0 bridgehead atoms. The van der Waals surface area contributed by atoms with Crippen LogP contribution in [-0.2, 0) is 0 Å². The number of piperazine rings is 1. The summed E-state index contributed by atoms with van der Waals surface area (Å²) in [5.74, 6) is 1.46. The van der Waals surface area contributed by atoms with Crippen LogP contribution in [0.2, 0.25) is 0 Å². The number of aryl methyl sites for hydroxylation is 1. The Morgan fingerprint density at radius 1 is 0.964 bits per heavy atom. The van der Waals surface area contributed by atoms with Gasteiger partial charge < -0.3 is 10.2 Å². The van der Waals surface area contributed by atoms with Gasteiger partial charge in [-0.3, -0.25) is 9.55 Å². The zero-order valence-electron chi connectivity index (χ0n) is 15.7. The summed E-state index contributed by atoms with van der Waals surface area (Å²) >= 11 is 0. The molecular weight excluding hydrogens is 350 g/mol. The van der Waals surface area contributed by atoms with Crippen LogP contribution in [0, 0.1) is 6.92 Å². The van der Waals surface area contributed by atoms with Gasteiger partial charge in [-0.2, -0.15) is 0 Å². The predicted molar refractivity (Wildman–Crippen MR) is 110 cm³/mol. The molecule has 1 aliphatic heterocycles. The molecule has 1 N–H and O–H groups in total. The molecule has 0 saturated carbocycles. The van der Waals surface area contributed by atoms with Crippen LogP contribution < -0.4 is 10.2 Å². The van der Waals surface area contributed by atoms with Crippen LogP contribution in [0.15, 0.2) is 55.1 Å². The molecule has 7 heteroatoms. The quantitative estimate of drug-likeness (QED) is 0.597. The maximum Gasteiger partial charge on any atom is 0.180 e. The molecule has 5 rings (SSSR count). The maximum absolute atomic E-state index is 4.81. The standard InChI is InChI=1S/C21H21N7/c1-15-14-28(19-4-2-3-7-23-19)21-17(15)13-25-20(26-21)18-6-5-16(12-24-18)27-10-8-22-9-11-27/h2-7,12-14,22H,8-11H2,1H3. The molecule has 0 radical (unpaired) electrons.